The number of hydrogen-bond donors (Lipinski definition) is 0. The second kappa shape index (κ2) is 7.59. The first-order valence-corrected chi connectivity index (χ1v) is 11.6. The summed E-state index contributed by atoms with van der Waals surface area (Å²) < 4.78 is 1.11. The molecule has 0 N–H and O–H groups in total. The summed E-state index contributed by atoms with van der Waals surface area (Å²) in [5, 5.41) is 11.1. The summed E-state index contributed by atoms with van der Waals surface area (Å²) in [4.78, 5) is 36.1. The number of amides is 2. The number of benzene rings is 1. The molecule has 2 fully saturated rings. The van der Waals surface area contributed by atoms with E-state index < -0.39 is 0 Å². The maximum atomic E-state index is 13.1. The van der Waals surface area contributed by atoms with Crippen molar-refractivity contribution in [3.8, 4) is 0 Å². The summed E-state index contributed by atoms with van der Waals surface area (Å²) in [6, 6.07) is 5.91. The standard InChI is InChI=1S/C20H22N6O2S2/c1-12-21-16-10-15(3-4-17(16)29-12)26-11-14(9-18(26)27)19(28)24-5-7-25(8-6-24)20-23-22-13(2)30-20/h3-4,10,14H,5-9,11H2,1-2H3. The molecular formula is C20H22N6O2S2. The van der Waals surface area contributed by atoms with E-state index in [1.807, 2.05) is 36.9 Å². The smallest absolute Gasteiger partial charge is 0.228 e. The number of thiazole rings is 1. The molecule has 2 aliphatic heterocycles. The maximum Gasteiger partial charge on any atom is 0.228 e. The summed E-state index contributed by atoms with van der Waals surface area (Å²) in [6.07, 6.45) is 0.267. The lowest BCUT2D eigenvalue weighted by Crippen LogP contribution is -2.50. The average Bonchev–Trinajstić information content (AvgIpc) is 3.44. The lowest BCUT2D eigenvalue weighted by atomic mass is 10.1. The third-order valence-electron chi connectivity index (χ3n) is 5.64. The molecule has 2 amide bonds. The Kier molecular flexibility index (Phi) is 4.90. The molecular weight excluding hydrogens is 420 g/mol. The molecule has 0 bridgehead atoms. The van der Waals surface area contributed by atoms with E-state index in [9.17, 15) is 9.59 Å². The highest BCUT2D eigenvalue weighted by Gasteiger charge is 2.38. The number of carbonyl (C=O) groups excluding carboxylic acids is 2. The van der Waals surface area contributed by atoms with Gasteiger partial charge in [0.1, 0.15) is 5.01 Å². The fourth-order valence-electron chi connectivity index (χ4n) is 4.11. The molecule has 2 saturated heterocycles. The van der Waals surface area contributed by atoms with Crippen LogP contribution in [0.15, 0.2) is 18.2 Å². The molecule has 5 rings (SSSR count). The molecule has 0 radical (unpaired) electrons. The summed E-state index contributed by atoms with van der Waals surface area (Å²) >= 11 is 3.22. The Morgan fingerprint density at radius 2 is 1.87 bits per heavy atom. The molecule has 156 valence electrons. The van der Waals surface area contributed by atoms with Gasteiger partial charge in [0.2, 0.25) is 16.9 Å². The SMILES string of the molecule is Cc1nnc(N2CCN(C(=O)C3CC(=O)N(c4ccc5sc(C)nc5c4)C3)CC2)s1. The van der Waals surface area contributed by atoms with Crippen LogP contribution in [0.1, 0.15) is 16.4 Å². The Bertz CT molecular complexity index is 1120. The number of hydrogen-bond acceptors (Lipinski definition) is 8. The summed E-state index contributed by atoms with van der Waals surface area (Å²) in [5.41, 5.74) is 1.73. The van der Waals surface area contributed by atoms with Gasteiger partial charge in [0, 0.05) is 44.8 Å². The van der Waals surface area contributed by atoms with Gasteiger partial charge in [0.05, 0.1) is 21.1 Å². The lowest BCUT2D eigenvalue weighted by molar-refractivity contribution is -0.136. The summed E-state index contributed by atoms with van der Waals surface area (Å²) in [5.74, 6) is -0.215. The molecule has 1 unspecified atom stereocenters. The first kappa shape index (κ1) is 19.4. The number of anilines is 2. The zero-order valence-electron chi connectivity index (χ0n) is 16.9. The van der Waals surface area contributed by atoms with Gasteiger partial charge < -0.3 is 14.7 Å². The van der Waals surface area contributed by atoms with E-state index in [2.05, 4.69) is 20.1 Å². The van der Waals surface area contributed by atoms with Crippen LogP contribution in [0, 0.1) is 19.8 Å². The highest BCUT2D eigenvalue weighted by molar-refractivity contribution is 7.18. The van der Waals surface area contributed by atoms with Gasteiger partial charge in [-0.15, -0.1) is 21.5 Å². The molecule has 30 heavy (non-hydrogen) atoms. The van der Waals surface area contributed by atoms with Crippen molar-refractivity contribution in [1.29, 1.82) is 0 Å². The van der Waals surface area contributed by atoms with Gasteiger partial charge in [0.25, 0.3) is 0 Å². The van der Waals surface area contributed by atoms with E-state index in [-0.39, 0.29) is 24.2 Å². The normalized spacial score (nSPS) is 19.9. The van der Waals surface area contributed by atoms with E-state index in [1.54, 1.807) is 27.6 Å². The van der Waals surface area contributed by atoms with Gasteiger partial charge in [-0.05, 0) is 32.0 Å². The minimum Gasteiger partial charge on any atom is -0.343 e. The number of carbonyl (C=O) groups is 2. The van der Waals surface area contributed by atoms with Crippen molar-refractivity contribution < 1.29 is 9.59 Å². The predicted molar refractivity (Wildman–Crippen MR) is 118 cm³/mol. The average molecular weight is 443 g/mol. The zero-order valence-corrected chi connectivity index (χ0v) is 18.5. The van der Waals surface area contributed by atoms with Crippen molar-refractivity contribution in [2.45, 2.75) is 20.3 Å². The van der Waals surface area contributed by atoms with Gasteiger partial charge >= 0.3 is 0 Å². The Morgan fingerprint density at radius 3 is 2.60 bits per heavy atom. The number of aryl methyl sites for hydroxylation is 2. The fraction of sp³-hybridized carbons (Fsp3) is 0.450. The largest absolute Gasteiger partial charge is 0.343 e. The minimum absolute atomic E-state index is 0.00243. The van der Waals surface area contributed by atoms with Crippen LogP contribution in [-0.4, -0.2) is 64.6 Å². The second-order valence-corrected chi connectivity index (χ2v) is 10.1. The third-order valence-corrected chi connectivity index (χ3v) is 7.49. The number of piperazine rings is 1. The Morgan fingerprint density at radius 1 is 1.07 bits per heavy atom. The summed E-state index contributed by atoms with van der Waals surface area (Å²) in [7, 11) is 0. The molecule has 1 atom stereocenters. The number of fused-ring (bicyclic) bond motifs is 1. The van der Waals surface area contributed by atoms with Gasteiger partial charge in [-0.1, -0.05) is 11.3 Å². The molecule has 0 spiro atoms. The van der Waals surface area contributed by atoms with Crippen LogP contribution in [0.25, 0.3) is 10.2 Å². The van der Waals surface area contributed by atoms with E-state index in [0.29, 0.717) is 19.6 Å². The zero-order chi connectivity index (χ0) is 20.8. The highest BCUT2D eigenvalue weighted by Crippen LogP contribution is 2.31. The molecule has 2 aliphatic rings. The molecule has 3 aromatic rings. The molecule has 4 heterocycles. The highest BCUT2D eigenvalue weighted by atomic mass is 32.1. The van der Waals surface area contributed by atoms with Crippen LogP contribution in [0.2, 0.25) is 0 Å². The maximum absolute atomic E-state index is 13.1. The van der Waals surface area contributed by atoms with E-state index >= 15 is 0 Å². The third kappa shape index (κ3) is 3.54. The lowest BCUT2D eigenvalue weighted by Gasteiger charge is -2.35. The van der Waals surface area contributed by atoms with Crippen molar-refractivity contribution in [3.05, 3.63) is 28.2 Å². The van der Waals surface area contributed by atoms with Crippen molar-refractivity contribution in [3.63, 3.8) is 0 Å². The first-order valence-electron chi connectivity index (χ1n) is 9.99. The quantitative estimate of drug-likeness (QED) is 0.620. The molecule has 2 aromatic heterocycles. The number of aromatic nitrogens is 3. The van der Waals surface area contributed by atoms with Crippen molar-refractivity contribution in [2.24, 2.45) is 5.92 Å². The van der Waals surface area contributed by atoms with Crippen LogP contribution in [-0.2, 0) is 9.59 Å². The van der Waals surface area contributed by atoms with Gasteiger partial charge in [0.15, 0.2) is 0 Å². The summed E-state index contributed by atoms with van der Waals surface area (Å²) in [6.45, 7) is 7.12. The van der Waals surface area contributed by atoms with Crippen molar-refractivity contribution in [1.82, 2.24) is 20.1 Å². The molecule has 0 aliphatic carbocycles. The Balaban J connectivity index is 1.24. The van der Waals surface area contributed by atoms with Crippen molar-refractivity contribution >= 4 is 55.5 Å². The van der Waals surface area contributed by atoms with Crippen LogP contribution < -0.4 is 9.80 Å². The monoisotopic (exact) mass is 442 g/mol. The first-order chi connectivity index (χ1) is 14.5. The Labute approximate surface area is 182 Å². The molecule has 1 aromatic carbocycles. The van der Waals surface area contributed by atoms with E-state index in [4.69, 9.17) is 0 Å². The molecule has 0 saturated carbocycles. The topological polar surface area (TPSA) is 82.5 Å². The van der Waals surface area contributed by atoms with Gasteiger partial charge in [-0.25, -0.2) is 4.98 Å². The fourth-order valence-corrected chi connectivity index (χ4v) is 5.66. The number of nitrogens with zero attached hydrogens (tertiary/aromatic N) is 6. The van der Waals surface area contributed by atoms with Crippen LogP contribution in [0.4, 0.5) is 10.8 Å². The minimum atomic E-state index is -0.291. The van der Waals surface area contributed by atoms with E-state index in [1.165, 1.54) is 0 Å². The van der Waals surface area contributed by atoms with Crippen LogP contribution in [0.3, 0.4) is 0 Å². The molecule has 10 heteroatoms. The van der Waals surface area contributed by atoms with Gasteiger partial charge in [-0.3, -0.25) is 9.59 Å². The second-order valence-electron chi connectivity index (χ2n) is 7.71. The van der Waals surface area contributed by atoms with Crippen LogP contribution in [0.5, 0.6) is 0 Å². The molecule has 8 nitrogen and oxygen atoms in total. The predicted octanol–water partition coefficient (Wildman–Crippen LogP) is 2.47. The number of rotatable bonds is 3. The van der Waals surface area contributed by atoms with E-state index in [0.717, 1.165) is 44.1 Å². The van der Waals surface area contributed by atoms with Gasteiger partial charge in [-0.2, -0.15) is 0 Å². The van der Waals surface area contributed by atoms with Crippen molar-refractivity contribution in [2.75, 3.05) is 42.5 Å². The van der Waals surface area contributed by atoms with Crippen LogP contribution >= 0.6 is 22.7 Å². The Hall–Kier alpha value is -2.59.